The first kappa shape index (κ1) is 17.9. The van der Waals surface area contributed by atoms with Crippen LogP contribution in [0.2, 0.25) is 5.02 Å². The summed E-state index contributed by atoms with van der Waals surface area (Å²) in [6, 6.07) is 10.7. The van der Waals surface area contributed by atoms with E-state index >= 15 is 0 Å². The number of halogens is 2. The van der Waals surface area contributed by atoms with Crippen LogP contribution in [-0.2, 0) is 0 Å². The van der Waals surface area contributed by atoms with E-state index in [4.69, 9.17) is 21.1 Å². The molecule has 23 heavy (non-hydrogen) atoms. The number of amides is 1. The largest absolute Gasteiger partial charge is 0.493 e. The minimum absolute atomic E-state index is 0.162. The highest BCUT2D eigenvalue weighted by molar-refractivity contribution is 14.1. The highest BCUT2D eigenvalue weighted by Gasteiger charge is 2.17. The number of nitrogens with one attached hydrogen (secondary N) is 1. The second-order valence-corrected chi connectivity index (χ2v) is 6.54. The summed E-state index contributed by atoms with van der Waals surface area (Å²) in [6.07, 6.45) is 0. The second kappa shape index (κ2) is 7.88. The number of carbonyl (C=O) groups is 1. The Labute approximate surface area is 154 Å². The van der Waals surface area contributed by atoms with Crippen molar-refractivity contribution < 1.29 is 14.3 Å². The Morgan fingerprint density at radius 1 is 1.17 bits per heavy atom. The van der Waals surface area contributed by atoms with E-state index in [0.29, 0.717) is 22.1 Å². The lowest BCUT2D eigenvalue weighted by atomic mass is 10.1. The molecule has 2 aromatic rings. The van der Waals surface area contributed by atoms with Gasteiger partial charge in [-0.1, -0.05) is 23.7 Å². The Kier molecular flexibility index (Phi) is 6.12. The van der Waals surface area contributed by atoms with Crippen molar-refractivity contribution in [3.05, 3.63) is 56.1 Å². The fourth-order valence-corrected chi connectivity index (χ4v) is 3.04. The van der Waals surface area contributed by atoms with Gasteiger partial charge in [0, 0.05) is 8.59 Å². The molecule has 0 spiro atoms. The first-order chi connectivity index (χ1) is 11.0. The van der Waals surface area contributed by atoms with Gasteiger partial charge in [0.1, 0.15) is 0 Å². The number of carbonyl (C=O) groups excluding carboxylic acids is 1. The van der Waals surface area contributed by atoms with Crippen LogP contribution in [0.3, 0.4) is 0 Å². The third kappa shape index (κ3) is 4.29. The SMILES string of the molecule is COc1cc(I)c(C(=O)NC(C)c2cccc(Cl)c2)cc1OC. The van der Waals surface area contributed by atoms with E-state index in [0.717, 1.165) is 9.13 Å². The summed E-state index contributed by atoms with van der Waals surface area (Å²) >= 11 is 8.10. The van der Waals surface area contributed by atoms with Gasteiger partial charge in [0.15, 0.2) is 11.5 Å². The molecule has 0 heterocycles. The van der Waals surface area contributed by atoms with E-state index in [2.05, 4.69) is 27.9 Å². The van der Waals surface area contributed by atoms with Crippen molar-refractivity contribution in [2.75, 3.05) is 14.2 Å². The quantitative estimate of drug-likeness (QED) is 0.692. The highest BCUT2D eigenvalue weighted by Crippen LogP contribution is 2.31. The lowest BCUT2D eigenvalue weighted by Gasteiger charge is -2.16. The average Bonchev–Trinajstić information content (AvgIpc) is 2.54. The normalized spacial score (nSPS) is 11.7. The Hall–Kier alpha value is -1.47. The van der Waals surface area contributed by atoms with Crippen molar-refractivity contribution in [2.45, 2.75) is 13.0 Å². The van der Waals surface area contributed by atoms with E-state index < -0.39 is 0 Å². The topological polar surface area (TPSA) is 47.6 Å². The van der Waals surface area contributed by atoms with Gasteiger partial charge in [-0.25, -0.2) is 0 Å². The molecule has 2 aromatic carbocycles. The summed E-state index contributed by atoms with van der Waals surface area (Å²) in [4.78, 5) is 12.6. The summed E-state index contributed by atoms with van der Waals surface area (Å²) in [7, 11) is 3.11. The van der Waals surface area contributed by atoms with Crippen molar-refractivity contribution in [1.29, 1.82) is 0 Å². The Morgan fingerprint density at radius 3 is 2.43 bits per heavy atom. The lowest BCUT2D eigenvalue weighted by molar-refractivity contribution is 0.0938. The first-order valence-corrected chi connectivity index (χ1v) is 8.39. The van der Waals surface area contributed by atoms with Crippen LogP contribution >= 0.6 is 34.2 Å². The minimum atomic E-state index is -0.178. The van der Waals surface area contributed by atoms with Crippen molar-refractivity contribution in [1.82, 2.24) is 5.32 Å². The molecule has 1 N–H and O–H groups in total. The van der Waals surface area contributed by atoms with Gasteiger partial charge in [0.05, 0.1) is 25.8 Å². The first-order valence-electron chi connectivity index (χ1n) is 6.94. The average molecular weight is 446 g/mol. The van der Waals surface area contributed by atoms with Gasteiger partial charge in [-0.3, -0.25) is 4.79 Å². The minimum Gasteiger partial charge on any atom is -0.493 e. The van der Waals surface area contributed by atoms with E-state index in [1.807, 2.05) is 25.1 Å². The molecular formula is C17H17ClINO3. The smallest absolute Gasteiger partial charge is 0.252 e. The van der Waals surface area contributed by atoms with Crippen molar-refractivity contribution in [2.24, 2.45) is 0 Å². The van der Waals surface area contributed by atoms with Gasteiger partial charge < -0.3 is 14.8 Å². The van der Waals surface area contributed by atoms with Crippen molar-refractivity contribution >= 4 is 40.1 Å². The van der Waals surface area contributed by atoms with Gasteiger partial charge in [-0.05, 0) is 59.3 Å². The predicted molar refractivity (Wildman–Crippen MR) is 99.6 cm³/mol. The van der Waals surface area contributed by atoms with Gasteiger partial charge in [0.2, 0.25) is 0 Å². The molecule has 0 aliphatic carbocycles. The van der Waals surface area contributed by atoms with Crippen LogP contribution in [0.25, 0.3) is 0 Å². The second-order valence-electron chi connectivity index (χ2n) is 4.94. The molecule has 2 rings (SSSR count). The van der Waals surface area contributed by atoms with Gasteiger partial charge >= 0.3 is 0 Å². The molecule has 6 heteroatoms. The maximum atomic E-state index is 12.6. The lowest BCUT2D eigenvalue weighted by Crippen LogP contribution is -2.27. The standard InChI is InChI=1S/C17H17ClINO3/c1-10(11-5-4-6-12(18)7-11)20-17(21)13-8-15(22-2)16(23-3)9-14(13)19/h4-10H,1-3H3,(H,20,21). The maximum absolute atomic E-state index is 12.6. The fraction of sp³-hybridized carbons (Fsp3) is 0.235. The van der Waals surface area contributed by atoms with E-state index in [-0.39, 0.29) is 11.9 Å². The molecule has 0 bridgehead atoms. The number of benzene rings is 2. The molecule has 0 saturated heterocycles. The molecule has 0 aliphatic heterocycles. The van der Waals surface area contributed by atoms with E-state index in [1.54, 1.807) is 32.4 Å². The number of methoxy groups -OCH3 is 2. The van der Waals surface area contributed by atoms with E-state index in [1.165, 1.54) is 0 Å². The Morgan fingerprint density at radius 2 is 1.83 bits per heavy atom. The maximum Gasteiger partial charge on any atom is 0.252 e. The highest BCUT2D eigenvalue weighted by atomic mass is 127. The summed E-state index contributed by atoms with van der Waals surface area (Å²) < 4.78 is 11.3. The zero-order valence-corrected chi connectivity index (χ0v) is 15.9. The van der Waals surface area contributed by atoms with E-state index in [9.17, 15) is 4.79 Å². The monoisotopic (exact) mass is 445 g/mol. The Bertz CT molecular complexity index is 721. The summed E-state index contributed by atoms with van der Waals surface area (Å²) in [5.74, 6) is 0.938. The number of hydrogen-bond acceptors (Lipinski definition) is 3. The van der Waals surface area contributed by atoms with Crippen LogP contribution in [0, 0.1) is 3.57 Å². The zero-order chi connectivity index (χ0) is 17.0. The van der Waals surface area contributed by atoms with Crippen LogP contribution in [0.4, 0.5) is 0 Å². The van der Waals surface area contributed by atoms with Crippen LogP contribution in [0.1, 0.15) is 28.9 Å². The van der Waals surface area contributed by atoms with Crippen LogP contribution in [0.15, 0.2) is 36.4 Å². The Balaban J connectivity index is 2.23. The number of ether oxygens (including phenoxy) is 2. The molecule has 0 radical (unpaired) electrons. The van der Waals surface area contributed by atoms with Crippen LogP contribution < -0.4 is 14.8 Å². The van der Waals surface area contributed by atoms with Gasteiger partial charge in [-0.15, -0.1) is 0 Å². The van der Waals surface area contributed by atoms with Gasteiger partial charge in [0.25, 0.3) is 5.91 Å². The molecule has 0 aliphatic rings. The third-order valence-electron chi connectivity index (χ3n) is 3.41. The summed E-state index contributed by atoms with van der Waals surface area (Å²) in [5.41, 5.74) is 1.48. The summed E-state index contributed by atoms with van der Waals surface area (Å²) in [6.45, 7) is 1.91. The summed E-state index contributed by atoms with van der Waals surface area (Å²) in [5, 5.41) is 3.61. The third-order valence-corrected chi connectivity index (χ3v) is 4.54. The predicted octanol–water partition coefficient (Wildman–Crippen LogP) is 4.45. The molecular weight excluding hydrogens is 429 g/mol. The van der Waals surface area contributed by atoms with Crippen molar-refractivity contribution in [3.63, 3.8) is 0 Å². The van der Waals surface area contributed by atoms with Crippen molar-refractivity contribution in [3.8, 4) is 11.5 Å². The molecule has 122 valence electrons. The molecule has 0 fully saturated rings. The fourth-order valence-electron chi connectivity index (χ4n) is 2.16. The molecule has 1 atom stereocenters. The number of hydrogen-bond donors (Lipinski definition) is 1. The molecule has 0 saturated carbocycles. The molecule has 1 unspecified atom stereocenters. The van der Waals surface area contributed by atoms with Crippen LogP contribution in [0.5, 0.6) is 11.5 Å². The van der Waals surface area contributed by atoms with Gasteiger partial charge in [-0.2, -0.15) is 0 Å². The molecule has 4 nitrogen and oxygen atoms in total. The zero-order valence-electron chi connectivity index (χ0n) is 13.0. The number of rotatable bonds is 5. The van der Waals surface area contributed by atoms with Crippen LogP contribution in [-0.4, -0.2) is 20.1 Å². The molecule has 0 aromatic heterocycles. The molecule has 1 amide bonds.